The Labute approximate surface area is 181 Å². The van der Waals surface area contributed by atoms with E-state index in [0.717, 1.165) is 48.6 Å². The average molecular weight is 423 g/mol. The van der Waals surface area contributed by atoms with Crippen LogP contribution in [-0.4, -0.2) is 34.8 Å². The Balaban J connectivity index is 1.40. The number of rotatable bonds is 3. The van der Waals surface area contributed by atoms with Gasteiger partial charge in [0.15, 0.2) is 0 Å². The van der Waals surface area contributed by atoms with Crippen molar-refractivity contribution in [2.75, 3.05) is 31.2 Å². The molecule has 1 unspecified atom stereocenters. The number of hydrogen-bond donors (Lipinski definition) is 4. The number of piperidine rings is 1. The maximum absolute atomic E-state index is 10.9. The summed E-state index contributed by atoms with van der Waals surface area (Å²) in [5.74, 6) is 0.839. The van der Waals surface area contributed by atoms with E-state index in [-0.39, 0.29) is 5.54 Å². The number of hydrogen-bond acceptors (Lipinski definition) is 6. The van der Waals surface area contributed by atoms with Crippen molar-refractivity contribution in [3.05, 3.63) is 66.0 Å². The second-order valence-corrected chi connectivity index (χ2v) is 8.56. The molecule has 7 heteroatoms. The Kier molecular flexibility index (Phi) is 4.69. The number of methoxy groups -OCH3 is 1. The molecular weight excluding hydrogens is 396 g/mol. The Bertz CT molecular complexity index is 1090. The topological polar surface area (TPSA) is 75.7 Å². The number of aliphatic hydroxyl groups excluding tert-OH is 1. The van der Waals surface area contributed by atoms with Gasteiger partial charge in [-0.1, -0.05) is 6.07 Å². The van der Waals surface area contributed by atoms with E-state index in [2.05, 4.69) is 57.9 Å². The third kappa shape index (κ3) is 3.05. The third-order valence-electron chi connectivity index (χ3n) is 6.43. The molecule has 2 aliphatic heterocycles. The number of nitrogens with two attached hydrogens (primary N) is 1. The van der Waals surface area contributed by atoms with E-state index >= 15 is 0 Å². The minimum Gasteiger partial charge on any atom is -0.497 e. The van der Waals surface area contributed by atoms with Crippen LogP contribution in [0.3, 0.4) is 0 Å². The lowest BCUT2D eigenvalue weighted by atomic mass is 9.82. The maximum atomic E-state index is 10.9. The van der Waals surface area contributed by atoms with Crippen LogP contribution < -0.4 is 15.8 Å². The maximum Gasteiger partial charge on any atom is 0.133 e. The fourth-order valence-electron chi connectivity index (χ4n) is 4.72. The van der Waals surface area contributed by atoms with Gasteiger partial charge in [0.25, 0.3) is 0 Å². The van der Waals surface area contributed by atoms with Gasteiger partial charge in [-0.25, -0.2) is 0 Å². The highest BCUT2D eigenvalue weighted by Gasteiger charge is 2.42. The van der Waals surface area contributed by atoms with Crippen molar-refractivity contribution >= 4 is 24.0 Å². The number of nitrogen functional groups attached to an aromatic ring is 1. The van der Waals surface area contributed by atoms with Crippen LogP contribution in [0.1, 0.15) is 30.3 Å². The van der Waals surface area contributed by atoms with Gasteiger partial charge in [-0.05, 0) is 54.8 Å². The van der Waals surface area contributed by atoms with Crippen LogP contribution in [0, 0.1) is 0 Å². The number of fused-ring (bicyclic) bond motifs is 4. The first-order valence-corrected chi connectivity index (χ1v) is 10.6. The zero-order valence-electron chi connectivity index (χ0n) is 16.9. The zero-order valence-corrected chi connectivity index (χ0v) is 17.8. The predicted molar refractivity (Wildman–Crippen MR) is 121 cm³/mol. The Morgan fingerprint density at radius 2 is 1.97 bits per heavy atom. The monoisotopic (exact) mass is 422 g/mol. The lowest BCUT2D eigenvalue weighted by molar-refractivity contribution is -0.0220. The van der Waals surface area contributed by atoms with Crippen molar-refractivity contribution < 1.29 is 9.84 Å². The van der Waals surface area contributed by atoms with Crippen molar-refractivity contribution in [1.29, 1.82) is 0 Å². The molecule has 1 saturated heterocycles. The molecule has 3 heterocycles. The molecule has 2 aromatic carbocycles. The number of anilines is 2. The summed E-state index contributed by atoms with van der Waals surface area (Å²) in [5.41, 5.74) is 10.6. The van der Waals surface area contributed by atoms with E-state index in [0.29, 0.717) is 10.6 Å². The number of benzene rings is 2. The van der Waals surface area contributed by atoms with Crippen molar-refractivity contribution in [2.45, 2.75) is 29.5 Å². The molecule has 0 amide bonds. The highest BCUT2D eigenvalue weighted by atomic mass is 32.1. The second-order valence-electron chi connectivity index (χ2n) is 8.08. The normalized spacial score (nSPS) is 18.4. The summed E-state index contributed by atoms with van der Waals surface area (Å²) in [6.07, 6.45) is 3.21. The van der Waals surface area contributed by atoms with E-state index in [1.165, 1.54) is 5.69 Å². The fourth-order valence-corrected chi connectivity index (χ4v) is 4.94. The smallest absolute Gasteiger partial charge is 0.133 e. The number of ether oxygens (including phenoxy) is 1. The molecular formula is C23H26N4O2S. The molecule has 4 N–H and O–H groups in total. The van der Waals surface area contributed by atoms with Crippen LogP contribution in [0.5, 0.6) is 5.75 Å². The van der Waals surface area contributed by atoms with Gasteiger partial charge in [0.1, 0.15) is 12.0 Å². The second kappa shape index (κ2) is 7.27. The molecule has 1 spiro atoms. The molecule has 156 valence electrons. The molecule has 30 heavy (non-hydrogen) atoms. The van der Waals surface area contributed by atoms with Crippen molar-refractivity contribution in [3.63, 3.8) is 0 Å². The van der Waals surface area contributed by atoms with E-state index < -0.39 is 6.23 Å². The van der Waals surface area contributed by atoms with Crippen LogP contribution >= 0.6 is 12.6 Å². The number of aromatic nitrogens is 1. The number of likely N-dealkylation sites (tertiary alicyclic amines) is 1. The Hall–Kier alpha value is -2.61. The van der Waals surface area contributed by atoms with E-state index in [4.69, 9.17) is 10.5 Å². The third-order valence-corrected chi connectivity index (χ3v) is 6.81. The molecule has 1 fully saturated rings. The summed E-state index contributed by atoms with van der Waals surface area (Å²) in [6.45, 7) is 1.54. The van der Waals surface area contributed by atoms with Crippen LogP contribution in [0.4, 0.5) is 11.4 Å². The van der Waals surface area contributed by atoms with E-state index in [9.17, 15) is 5.11 Å². The number of nitrogens with zero attached hydrogens (tertiary/aromatic N) is 2. The minimum atomic E-state index is -0.670. The highest BCUT2D eigenvalue weighted by Crippen LogP contribution is 2.45. The molecule has 0 radical (unpaired) electrons. The quantitative estimate of drug-likeness (QED) is 0.382. The Morgan fingerprint density at radius 1 is 1.17 bits per heavy atom. The summed E-state index contributed by atoms with van der Waals surface area (Å²) in [6, 6.07) is 15.9. The number of aliphatic hydroxyl groups is 1. The molecule has 6 nitrogen and oxygen atoms in total. The zero-order chi connectivity index (χ0) is 20.9. The fraction of sp³-hybridized carbons (Fsp3) is 0.304. The summed E-state index contributed by atoms with van der Waals surface area (Å²) in [5, 5.41) is 14.7. The molecule has 1 aromatic heterocycles. The van der Waals surface area contributed by atoms with Crippen LogP contribution in [0.15, 0.2) is 59.6 Å². The van der Waals surface area contributed by atoms with Gasteiger partial charge in [0.05, 0.1) is 24.0 Å². The first-order valence-electron chi connectivity index (χ1n) is 10.2. The van der Waals surface area contributed by atoms with Crippen molar-refractivity contribution in [2.24, 2.45) is 0 Å². The first kappa shape index (κ1) is 19.4. The van der Waals surface area contributed by atoms with Crippen molar-refractivity contribution in [3.8, 4) is 11.4 Å². The van der Waals surface area contributed by atoms with Gasteiger partial charge in [-0.15, -0.1) is 12.6 Å². The van der Waals surface area contributed by atoms with Crippen LogP contribution in [0.2, 0.25) is 0 Å². The highest BCUT2D eigenvalue weighted by molar-refractivity contribution is 7.80. The summed E-state index contributed by atoms with van der Waals surface area (Å²) >= 11 is 4.39. The molecule has 1 atom stereocenters. The lowest BCUT2D eigenvalue weighted by Crippen LogP contribution is -2.50. The molecule has 2 aliphatic rings. The summed E-state index contributed by atoms with van der Waals surface area (Å²) < 4.78 is 7.70. The summed E-state index contributed by atoms with van der Waals surface area (Å²) in [7, 11) is 1.69. The standard InChI is InChI=1S/C23H26N4O2S/c1-29-16-5-7-19-18(14-16)25-23(21-3-2-10-27(19)21)8-11-26(12-9-23)22(28)15-4-6-17(24)20(30)13-15/h2-7,10,13-14,22,25,28,30H,8-9,11-12,24H2,1H3. The van der Waals surface area contributed by atoms with Gasteiger partial charge in [-0.2, -0.15) is 0 Å². The SMILES string of the molecule is COc1ccc2c(c1)NC1(CCN(C(O)c3ccc(N)c(S)c3)CC1)c1cccn1-2. The van der Waals surface area contributed by atoms with Gasteiger partial charge >= 0.3 is 0 Å². The van der Waals surface area contributed by atoms with Gasteiger partial charge < -0.3 is 25.5 Å². The van der Waals surface area contributed by atoms with E-state index in [1.807, 2.05) is 18.2 Å². The summed E-state index contributed by atoms with van der Waals surface area (Å²) in [4.78, 5) is 2.80. The predicted octanol–water partition coefficient (Wildman–Crippen LogP) is 3.76. The molecule has 0 saturated carbocycles. The molecule has 5 rings (SSSR count). The molecule has 0 bridgehead atoms. The molecule has 3 aromatic rings. The number of thiol groups is 1. The van der Waals surface area contributed by atoms with Gasteiger partial charge in [0, 0.05) is 41.6 Å². The largest absolute Gasteiger partial charge is 0.497 e. The van der Waals surface area contributed by atoms with Crippen molar-refractivity contribution in [1.82, 2.24) is 9.47 Å². The first-order chi connectivity index (χ1) is 14.5. The van der Waals surface area contributed by atoms with Gasteiger partial charge in [0.2, 0.25) is 0 Å². The van der Waals surface area contributed by atoms with Crippen LogP contribution in [-0.2, 0) is 5.54 Å². The van der Waals surface area contributed by atoms with Gasteiger partial charge in [-0.3, -0.25) is 4.90 Å². The number of nitrogens with one attached hydrogen (secondary N) is 1. The van der Waals surface area contributed by atoms with E-state index in [1.54, 1.807) is 13.2 Å². The lowest BCUT2D eigenvalue weighted by Gasteiger charge is -2.47. The van der Waals surface area contributed by atoms with Crippen LogP contribution in [0.25, 0.3) is 5.69 Å². The Morgan fingerprint density at radius 3 is 2.70 bits per heavy atom. The minimum absolute atomic E-state index is 0.172. The average Bonchev–Trinajstić information content (AvgIpc) is 3.27. The molecule has 0 aliphatic carbocycles.